The predicted octanol–water partition coefficient (Wildman–Crippen LogP) is 1.04. The largest absolute Gasteiger partial charge is 0.325 e. The number of rotatable bonds is 5. The molecule has 1 aliphatic heterocycles. The molecule has 6 heteroatoms. The molecule has 2 N–H and O–H groups in total. The fourth-order valence-electron chi connectivity index (χ4n) is 2.83. The maximum atomic E-state index is 5.56. The van der Waals surface area contributed by atoms with Gasteiger partial charge in [-0.25, -0.2) is 0 Å². The molecule has 3 rings (SSSR count). The van der Waals surface area contributed by atoms with Crippen LogP contribution in [0.3, 0.4) is 0 Å². The van der Waals surface area contributed by atoms with Crippen LogP contribution >= 0.6 is 0 Å². The summed E-state index contributed by atoms with van der Waals surface area (Å²) >= 11 is 0. The number of nitrogens with zero attached hydrogens (tertiary/aromatic N) is 5. The van der Waals surface area contributed by atoms with Crippen molar-refractivity contribution in [2.75, 3.05) is 13.1 Å². The monoisotopic (exact) mass is 286 g/mol. The molecule has 1 saturated heterocycles. The summed E-state index contributed by atoms with van der Waals surface area (Å²) in [6, 6.07) is 6.11. The highest BCUT2D eigenvalue weighted by molar-refractivity contribution is 5.03. The van der Waals surface area contributed by atoms with E-state index in [1.165, 1.54) is 12.8 Å². The van der Waals surface area contributed by atoms with Crippen molar-refractivity contribution in [1.29, 1.82) is 0 Å². The van der Waals surface area contributed by atoms with Gasteiger partial charge in [0.15, 0.2) is 0 Å². The van der Waals surface area contributed by atoms with Gasteiger partial charge in [0.25, 0.3) is 0 Å². The smallest absolute Gasteiger partial charge is 0.0962 e. The molecule has 0 aromatic carbocycles. The Morgan fingerprint density at radius 1 is 1.19 bits per heavy atom. The van der Waals surface area contributed by atoms with Crippen LogP contribution in [0.4, 0.5) is 0 Å². The topological polar surface area (TPSA) is 72.9 Å². The fourth-order valence-corrected chi connectivity index (χ4v) is 2.83. The Bertz CT molecular complexity index is 544. The SMILES string of the molecule is NCc1cn(CC2CCN(Cc3ccccn3)CC2)nn1. The van der Waals surface area contributed by atoms with Gasteiger partial charge < -0.3 is 5.73 Å². The summed E-state index contributed by atoms with van der Waals surface area (Å²) in [5.41, 5.74) is 7.58. The van der Waals surface area contributed by atoms with E-state index in [1.54, 1.807) is 0 Å². The molecule has 0 saturated carbocycles. The number of hydrogen-bond acceptors (Lipinski definition) is 5. The van der Waals surface area contributed by atoms with Crippen LogP contribution in [-0.4, -0.2) is 38.0 Å². The van der Waals surface area contributed by atoms with E-state index < -0.39 is 0 Å². The average molecular weight is 286 g/mol. The second-order valence-corrected chi connectivity index (χ2v) is 5.68. The fraction of sp³-hybridized carbons (Fsp3) is 0.533. The molecule has 2 aromatic heterocycles. The zero-order chi connectivity index (χ0) is 14.5. The van der Waals surface area contributed by atoms with Crippen molar-refractivity contribution >= 4 is 0 Å². The van der Waals surface area contributed by atoms with Gasteiger partial charge in [-0.15, -0.1) is 5.10 Å². The predicted molar refractivity (Wildman–Crippen MR) is 80.2 cm³/mol. The Kier molecular flexibility index (Phi) is 4.57. The van der Waals surface area contributed by atoms with E-state index >= 15 is 0 Å². The number of pyridine rings is 1. The van der Waals surface area contributed by atoms with Gasteiger partial charge in [0.2, 0.25) is 0 Å². The summed E-state index contributed by atoms with van der Waals surface area (Å²) in [6.45, 7) is 4.61. The molecule has 1 fully saturated rings. The van der Waals surface area contributed by atoms with Crippen LogP contribution in [0.2, 0.25) is 0 Å². The Labute approximate surface area is 125 Å². The first-order valence-corrected chi connectivity index (χ1v) is 7.55. The number of hydrogen-bond donors (Lipinski definition) is 1. The Balaban J connectivity index is 1.46. The van der Waals surface area contributed by atoms with Crippen molar-refractivity contribution < 1.29 is 0 Å². The highest BCUT2D eigenvalue weighted by atomic mass is 15.4. The van der Waals surface area contributed by atoms with Crippen LogP contribution in [0.25, 0.3) is 0 Å². The van der Waals surface area contributed by atoms with E-state index in [2.05, 4.69) is 32.3 Å². The van der Waals surface area contributed by atoms with Gasteiger partial charge in [-0.1, -0.05) is 11.3 Å². The normalized spacial score (nSPS) is 17.2. The van der Waals surface area contributed by atoms with Crippen LogP contribution < -0.4 is 5.73 Å². The van der Waals surface area contributed by atoms with E-state index in [0.717, 1.165) is 37.6 Å². The van der Waals surface area contributed by atoms with Crippen LogP contribution in [-0.2, 0) is 19.6 Å². The lowest BCUT2D eigenvalue weighted by atomic mass is 9.97. The molecule has 1 aliphatic rings. The molecular formula is C15H22N6. The maximum absolute atomic E-state index is 5.56. The molecule has 0 amide bonds. The first-order chi connectivity index (χ1) is 10.3. The highest BCUT2D eigenvalue weighted by Gasteiger charge is 2.20. The lowest BCUT2D eigenvalue weighted by Crippen LogP contribution is -2.34. The Hall–Kier alpha value is -1.79. The quantitative estimate of drug-likeness (QED) is 0.889. The van der Waals surface area contributed by atoms with Crippen LogP contribution in [0.5, 0.6) is 0 Å². The molecule has 21 heavy (non-hydrogen) atoms. The highest BCUT2D eigenvalue weighted by Crippen LogP contribution is 2.20. The second kappa shape index (κ2) is 6.78. The summed E-state index contributed by atoms with van der Waals surface area (Å²) in [4.78, 5) is 6.87. The van der Waals surface area contributed by atoms with E-state index in [0.29, 0.717) is 12.5 Å². The Morgan fingerprint density at radius 2 is 2.05 bits per heavy atom. The first kappa shape index (κ1) is 14.2. The van der Waals surface area contributed by atoms with Gasteiger partial charge in [0.1, 0.15) is 0 Å². The molecule has 6 nitrogen and oxygen atoms in total. The van der Waals surface area contributed by atoms with Gasteiger partial charge in [0, 0.05) is 32.0 Å². The molecule has 0 bridgehead atoms. The van der Waals surface area contributed by atoms with Gasteiger partial charge in [-0.05, 0) is 44.0 Å². The number of aromatic nitrogens is 4. The minimum Gasteiger partial charge on any atom is -0.325 e. The van der Waals surface area contributed by atoms with Crippen LogP contribution in [0.15, 0.2) is 30.6 Å². The van der Waals surface area contributed by atoms with Crippen molar-refractivity contribution in [3.8, 4) is 0 Å². The van der Waals surface area contributed by atoms with Crippen molar-refractivity contribution in [2.45, 2.75) is 32.5 Å². The minimum absolute atomic E-state index is 0.461. The third-order valence-electron chi connectivity index (χ3n) is 4.06. The summed E-state index contributed by atoms with van der Waals surface area (Å²) < 4.78 is 1.93. The second-order valence-electron chi connectivity index (χ2n) is 5.68. The molecule has 0 radical (unpaired) electrons. The zero-order valence-corrected chi connectivity index (χ0v) is 12.2. The summed E-state index contributed by atoms with van der Waals surface area (Å²) in [5, 5.41) is 8.17. The van der Waals surface area contributed by atoms with Gasteiger partial charge in [0.05, 0.1) is 11.4 Å². The first-order valence-electron chi connectivity index (χ1n) is 7.55. The number of piperidine rings is 1. The van der Waals surface area contributed by atoms with Crippen molar-refractivity contribution in [3.63, 3.8) is 0 Å². The van der Waals surface area contributed by atoms with Crippen molar-refractivity contribution in [1.82, 2.24) is 24.9 Å². The lowest BCUT2D eigenvalue weighted by Gasteiger charge is -2.31. The van der Waals surface area contributed by atoms with E-state index in [1.807, 2.05) is 23.1 Å². The summed E-state index contributed by atoms with van der Waals surface area (Å²) in [6.07, 6.45) is 6.22. The molecule has 0 atom stereocenters. The average Bonchev–Trinajstić information content (AvgIpc) is 2.98. The van der Waals surface area contributed by atoms with E-state index in [-0.39, 0.29) is 0 Å². The lowest BCUT2D eigenvalue weighted by molar-refractivity contribution is 0.162. The minimum atomic E-state index is 0.461. The molecule has 0 aliphatic carbocycles. The van der Waals surface area contributed by atoms with E-state index in [4.69, 9.17) is 5.73 Å². The third kappa shape index (κ3) is 3.86. The number of nitrogens with two attached hydrogens (primary N) is 1. The van der Waals surface area contributed by atoms with Gasteiger partial charge in [-0.3, -0.25) is 14.6 Å². The Morgan fingerprint density at radius 3 is 2.71 bits per heavy atom. The van der Waals surface area contributed by atoms with Gasteiger partial charge >= 0.3 is 0 Å². The van der Waals surface area contributed by atoms with Crippen molar-refractivity contribution in [3.05, 3.63) is 42.0 Å². The molecule has 112 valence electrons. The maximum Gasteiger partial charge on any atom is 0.0962 e. The molecule has 0 unspecified atom stereocenters. The number of likely N-dealkylation sites (tertiary alicyclic amines) is 1. The van der Waals surface area contributed by atoms with Crippen LogP contribution in [0.1, 0.15) is 24.2 Å². The third-order valence-corrected chi connectivity index (χ3v) is 4.06. The summed E-state index contributed by atoms with van der Waals surface area (Å²) in [5.74, 6) is 0.678. The molecule has 3 heterocycles. The summed E-state index contributed by atoms with van der Waals surface area (Å²) in [7, 11) is 0. The molecular weight excluding hydrogens is 264 g/mol. The van der Waals surface area contributed by atoms with E-state index in [9.17, 15) is 0 Å². The zero-order valence-electron chi connectivity index (χ0n) is 12.2. The van der Waals surface area contributed by atoms with Crippen molar-refractivity contribution in [2.24, 2.45) is 11.7 Å². The molecule has 0 spiro atoms. The van der Waals surface area contributed by atoms with Crippen LogP contribution in [0, 0.1) is 5.92 Å². The standard InChI is InChI=1S/C15H22N6/c16-9-15-12-21(19-18-15)10-13-4-7-20(8-5-13)11-14-3-1-2-6-17-14/h1-3,6,12-13H,4-5,7-11,16H2. The molecule has 2 aromatic rings. The van der Waals surface area contributed by atoms with Gasteiger partial charge in [-0.2, -0.15) is 0 Å².